The van der Waals surface area contributed by atoms with Gasteiger partial charge in [-0.3, -0.25) is 42.7 Å². The summed E-state index contributed by atoms with van der Waals surface area (Å²) in [5.74, 6) is -8.74. The number of hydrogen-bond acceptors (Lipinski definition) is 35. The summed E-state index contributed by atoms with van der Waals surface area (Å²) in [7, 11) is -4.67. The Balaban J connectivity index is 0.00000375. The van der Waals surface area contributed by atoms with Crippen LogP contribution in [-0.2, 0) is 64.5 Å². The van der Waals surface area contributed by atoms with E-state index in [0.717, 1.165) is 44.9 Å². The van der Waals surface area contributed by atoms with E-state index in [1.165, 1.54) is 50.4 Å². The van der Waals surface area contributed by atoms with Gasteiger partial charge in [0, 0.05) is 48.8 Å². The molecule has 0 aliphatic carbocycles. The Bertz CT molecular complexity index is 3580. The van der Waals surface area contributed by atoms with Crippen LogP contribution < -0.4 is 71.6 Å². The normalized spacial score (nSPS) is 23.0. The lowest BCUT2D eigenvalue weighted by atomic mass is 9.96. The van der Waals surface area contributed by atoms with Crippen LogP contribution in [0.15, 0.2) is 23.3 Å². The number of carbonyl (C=O) groups excluding carboxylic acids is 8. The number of nitrogens with zero attached hydrogens (tertiary/aromatic N) is 5. The van der Waals surface area contributed by atoms with Crippen molar-refractivity contribution in [2.75, 3.05) is 58.2 Å². The van der Waals surface area contributed by atoms with Gasteiger partial charge in [0.15, 0.2) is 18.7 Å². The molecular formula is C57H91N19O25S3. The lowest BCUT2D eigenvalue weighted by Crippen LogP contribution is -2.65. The van der Waals surface area contributed by atoms with Gasteiger partial charge in [0.1, 0.15) is 94.6 Å². The third-order valence-electron chi connectivity index (χ3n) is 15.9. The predicted molar refractivity (Wildman–Crippen MR) is 360 cm³/mol. The number of rotatable bonds is 39. The fourth-order valence-corrected chi connectivity index (χ4v) is 11.8. The fourth-order valence-electron chi connectivity index (χ4n) is 10.2. The maximum Gasteiger partial charge on any atom is 0.404 e. The summed E-state index contributed by atoms with van der Waals surface area (Å²) in [6, 6.07) is -7.87. The van der Waals surface area contributed by atoms with Crippen LogP contribution in [-0.4, -0.2) is 286 Å². The fraction of sp³-hybridized carbons (Fsp3) is 0.632. The topological polar surface area (TPSA) is 740 Å². The van der Waals surface area contributed by atoms with E-state index in [0.29, 0.717) is 28.8 Å². The van der Waals surface area contributed by atoms with Crippen LogP contribution in [0.3, 0.4) is 0 Å². The highest BCUT2D eigenvalue weighted by Crippen LogP contribution is 2.35. The number of thiazole rings is 2. The van der Waals surface area contributed by atoms with E-state index < -0.39 is 193 Å². The van der Waals surface area contributed by atoms with Gasteiger partial charge < -0.3 is 141 Å². The molecule has 582 valence electrons. The number of ether oxygens (including phenoxy) is 5. The van der Waals surface area contributed by atoms with Gasteiger partial charge in [0.05, 0.1) is 72.7 Å². The van der Waals surface area contributed by atoms with Crippen molar-refractivity contribution in [3.8, 4) is 10.7 Å². The molecule has 47 heteroatoms. The Hall–Kier alpha value is -7.86. The highest BCUT2D eigenvalue weighted by Gasteiger charge is 2.54. The molecular weight excluding hydrogens is 1450 g/mol. The van der Waals surface area contributed by atoms with Gasteiger partial charge in [0.25, 0.3) is 11.8 Å². The van der Waals surface area contributed by atoms with Gasteiger partial charge in [-0.1, -0.05) is 6.92 Å². The van der Waals surface area contributed by atoms with Crippen molar-refractivity contribution in [2.45, 2.75) is 170 Å². The third-order valence-corrected chi connectivity index (χ3v) is 17.7. The zero-order valence-electron chi connectivity index (χ0n) is 56.5. The molecule has 30 N–H and O–H groups in total. The quantitative estimate of drug-likeness (QED) is 0.0146. The number of amides is 8. The van der Waals surface area contributed by atoms with Crippen LogP contribution in [0.25, 0.3) is 10.7 Å². The number of imidazole rings is 1. The Morgan fingerprint density at radius 2 is 1.41 bits per heavy atom. The molecule has 4 aromatic heterocycles. The second-order valence-corrected chi connectivity index (χ2v) is 26.5. The average Bonchev–Trinajstić information content (AvgIpc) is 0.882. The molecule has 0 radical (unpaired) electrons. The molecule has 2 aliphatic heterocycles. The molecule has 44 nitrogen and oxygen atoms in total. The first-order valence-corrected chi connectivity index (χ1v) is 35.2. The van der Waals surface area contributed by atoms with Crippen molar-refractivity contribution in [1.29, 1.82) is 0 Å². The number of anilines is 1. The summed E-state index contributed by atoms with van der Waals surface area (Å²) in [6.45, 7) is 5.29. The number of aromatic nitrogens is 6. The van der Waals surface area contributed by atoms with Gasteiger partial charge >= 0.3 is 16.5 Å². The van der Waals surface area contributed by atoms with E-state index in [1.807, 2.05) is 0 Å². The SMILES string of the molecule is Cc1c(N)nc([C@H](CC(N)=O)NC[C@H](N)C(N)=O)nc1C(=O)N[C@@H](C(=O)N[C@H](C)[C@H](O)[C@H](C)C(=O)N[C@@H](C(=O)NCCc1nc(-c2nc(C(=O)NCCCNCCCCN)cs2)cs1)[C@@H](C)O)[C@@H](O[C@@H]1O[C@H](CO)[C@@H](O)[C@H](O)[C@@H]1O[C@@H]1O[C@H](CO)[C@@H](O)[C@H](OC(N)=O)[C@@H]1O)c1cnc[nH]1.O=S(=O)(O)O. The summed E-state index contributed by atoms with van der Waals surface area (Å²) >= 11 is 2.50. The summed E-state index contributed by atoms with van der Waals surface area (Å²) in [4.78, 5) is 131. The zero-order chi connectivity index (χ0) is 77.4. The van der Waals surface area contributed by atoms with Crippen LogP contribution in [0.5, 0.6) is 0 Å². The van der Waals surface area contributed by atoms with E-state index in [9.17, 15) is 74.4 Å². The number of aliphatic hydroxyl groups is 8. The van der Waals surface area contributed by atoms with Crippen molar-refractivity contribution >= 4 is 86.3 Å². The molecule has 19 atom stereocenters. The highest BCUT2D eigenvalue weighted by atomic mass is 32.3. The van der Waals surface area contributed by atoms with E-state index in [1.54, 1.807) is 10.8 Å². The second kappa shape index (κ2) is 41.2. The molecule has 0 aromatic carbocycles. The van der Waals surface area contributed by atoms with Crippen molar-refractivity contribution in [3.05, 3.63) is 56.8 Å². The smallest absolute Gasteiger partial charge is 0.404 e. The number of primary amides is 3. The summed E-state index contributed by atoms with van der Waals surface area (Å²) in [5.41, 5.74) is 33.6. The lowest BCUT2D eigenvalue weighted by molar-refractivity contribution is -0.372. The van der Waals surface area contributed by atoms with E-state index in [2.05, 4.69) is 67.1 Å². The summed E-state index contributed by atoms with van der Waals surface area (Å²) in [5, 5.41) is 111. The number of aliphatic hydroxyl groups excluding tert-OH is 8. The number of carbonyl (C=O) groups is 8. The van der Waals surface area contributed by atoms with Gasteiger partial charge in [-0.15, -0.1) is 22.7 Å². The van der Waals surface area contributed by atoms with Gasteiger partial charge in [-0.05, 0) is 59.7 Å². The number of hydrogen-bond donors (Lipinski definition) is 24. The third kappa shape index (κ3) is 25.7. The highest BCUT2D eigenvalue weighted by molar-refractivity contribution is 7.79. The summed E-state index contributed by atoms with van der Waals surface area (Å²) in [6.07, 6.45) is -22.5. The summed E-state index contributed by atoms with van der Waals surface area (Å²) < 4.78 is 60.3. The van der Waals surface area contributed by atoms with Gasteiger partial charge in [-0.2, -0.15) is 8.42 Å². The van der Waals surface area contributed by atoms with Crippen molar-refractivity contribution in [3.63, 3.8) is 0 Å². The minimum atomic E-state index is -4.67. The number of nitrogens with two attached hydrogens (primary N) is 6. The molecule has 104 heavy (non-hydrogen) atoms. The first kappa shape index (κ1) is 86.8. The van der Waals surface area contributed by atoms with Crippen molar-refractivity contribution < 1.29 is 120 Å². The molecule has 0 bridgehead atoms. The van der Waals surface area contributed by atoms with Gasteiger partial charge in [-0.25, -0.2) is 29.7 Å². The molecule has 0 spiro atoms. The second-order valence-electron chi connectivity index (χ2n) is 23.8. The zero-order valence-corrected chi connectivity index (χ0v) is 58.9. The molecule has 2 aliphatic rings. The van der Waals surface area contributed by atoms with Crippen molar-refractivity contribution in [2.24, 2.45) is 34.6 Å². The molecule has 8 amide bonds. The Morgan fingerprint density at radius 1 is 0.750 bits per heavy atom. The molecule has 0 unspecified atom stereocenters. The number of nitrogens with one attached hydrogen (secondary N) is 8. The number of aromatic amines is 1. The maximum atomic E-state index is 15.2. The Kier molecular flexibility index (Phi) is 34.3. The van der Waals surface area contributed by atoms with Crippen molar-refractivity contribution in [1.82, 2.24) is 67.1 Å². The van der Waals surface area contributed by atoms with Crippen LogP contribution in [0.4, 0.5) is 10.6 Å². The van der Waals surface area contributed by atoms with E-state index >= 15 is 4.79 Å². The molecule has 2 saturated heterocycles. The molecule has 2 fully saturated rings. The minimum absolute atomic E-state index is 0.0140. The number of nitrogen functional groups attached to an aromatic ring is 1. The average molecular weight is 1540 g/mol. The molecule has 6 heterocycles. The van der Waals surface area contributed by atoms with Crippen LogP contribution in [0.2, 0.25) is 0 Å². The first-order valence-electron chi connectivity index (χ1n) is 32.1. The van der Waals surface area contributed by atoms with E-state index in [-0.39, 0.29) is 54.0 Å². The largest absolute Gasteiger partial charge is 0.441 e. The van der Waals surface area contributed by atoms with Crippen LogP contribution in [0, 0.1) is 12.8 Å². The maximum absolute atomic E-state index is 15.2. The lowest BCUT2D eigenvalue weighted by Gasteiger charge is -2.47. The molecule has 0 saturated carbocycles. The standard InChI is InChI=1S/C57H89N19O21S2.H2O4S/c1-22-35(73-48(76-46(22)61)27(14-33(60)80)68-15-26(59)47(62)86)52(90)75-37(43(28-16-65-21-69-28)95-56-45(41(84)39(82)31(17-77)94-56)96-55-42(85)44(97-57(63)92)40(83)32(18-78)93-55)53(91)70-24(3)38(81)23(2)49(87)74-36(25(4)79)51(89)67-13-8-34-71-30(20-98-34)54-72-29(19-99-54)50(88)66-12-7-11-64-10-6-5-9-58;1-5(2,3)4/h16,19-21,23-27,31-32,36-45,55-56,64,68,77-79,81-85H,5-15,17-18,58-59H2,1-4H3,(H2,60,80)(H2,62,86)(H2,63,92)(H,65,69)(H,66,88)(H,67,89)(H,70,91)(H,74,87)(H,75,90)(H2,61,73,76);(H2,1,2,3,4)/t23-,24+,25+,26-,27-,31+,32+,36+,37+,38+,39+,40+,41-,42-,43-,44-,45-,55-,56-;/m0./s1. The molecule has 4 aromatic rings. The Labute approximate surface area is 601 Å². The molecule has 6 rings (SSSR count). The Morgan fingerprint density at radius 3 is 2.03 bits per heavy atom. The van der Waals surface area contributed by atoms with Crippen LogP contribution >= 0.6 is 22.7 Å². The number of H-pyrrole nitrogens is 1. The minimum Gasteiger partial charge on any atom is -0.441 e. The van der Waals surface area contributed by atoms with E-state index in [4.69, 9.17) is 75.6 Å². The van der Waals surface area contributed by atoms with Crippen LogP contribution in [0.1, 0.15) is 102 Å². The number of unbranched alkanes of at least 4 members (excludes halogenated alkanes) is 1. The predicted octanol–water partition coefficient (Wildman–Crippen LogP) is -8.91. The first-order chi connectivity index (χ1) is 49.0. The monoisotopic (exact) mass is 1540 g/mol. The van der Waals surface area contributed by atoms with Gasteiger partial charge in [0.2, 0.25) is 29.5 Å².